The van der Waals surface area contributed by atoms with Crippen molar-refractivity contribution in [2.45, 2.75) is 13.5 Å². The van der Waals surface area contributed by atoms with Gasteiger partial charge in [-0.1, -0.05) is 30.3 Å². The Hall–Kier alpha value is -2.03. The highest BCUT2D eigenvalue weighted by molar-refractivity contribution is 5.49. The zero-order chi connectivity index (χ0) is 13.1. The Morgan fingerprint density at radius 3 is 2.56 bits per heavy atom. The topological polar surface area (TPSA) is 23.5 Å². The summed E-state index contributed by atoms with van der Waals surface area (Å²) in [5.41, 5.74) is 2.15. The number of rotatable bonds is 3. The van der Waals surface area contributed by atoms with E-state index < -0.39 is 0 Å². The molecular weight excluding hydrogens is 229 g/mol. The molecule has 0 spiro atoms. The number of phenolic OH excluding ortho intramolecular Hbond substituents is 1. The lowest BCUT2D eigenvalue weighted by Gasteiger charge is -2.20. The van der Waals surface area contributed by atoms with Crippen molar-refractivity contribution in [2.75, 3.05) is 11.9 Å². The zero-order valence-electron chi connectivity index (χ0n) is 10.5. The van der Waals surface area contributed by atoms with Gasteiger partial charge >= 0.3 is 0 Å². The monoisotopic (exact) mass is 245 g/mol. The van der Waals surface area contributed by atoms with E-state index in [-0.39, 0.29) is 11.6 Å². The van der Waals surface area contributed by atoms with E-state index >= 15 is 0 Å². The van der Waals surface area contributed by atoms with Gasteiger partial charge in [-0.2, -0.15) is 0 Å². The molecule has 0 bridgehead atoms. The van der Waals surface area contributed by atoms with Gasteiger partial charge < -0.3 is 10.0 Å². The maximum absolute atomic E-state index is 13.6. The normalized spacial score (nSPS) is 10.4. The Bertz CT molecular complexity index is 554. The summed E-state index contributed by atoms with van der Waals surface area (Å²) in [6.07, 6.45) is 0. The largest absolute Gasteiger partial charge is 0.507 e. The van der Waals surface area contributed by atoms with Crippen LogP contribution in [0.2, 0.25) is 0 Å². The second kappa shape index (κ2) is 5.08. The highest BCUT2D eigenvalue weighted by atomic mass is 19.1. The number of para-hydroxylation sites is 2. The van der Waals surface area contributed by atoms with Gasteiger partial charge in [-0.25, -0.2) is 4.39 Å². The molecule has 18 heavy (non-hydrogen) atoms. The quantitative estimate of drug-likeness (QED) is 0.895. The van der Waals surface area contributed by atoms with Crippen LogP contribution >= 0.6 is 0 Å². The molecule has 0 aromatic heterocycles. The van der Waals surface area contributed by atoms with Crippen LogP contribution in [0.3, 0.4) is 0 Å². The lowest BCUT2D eigenvalue weighted by atomic mass is 10.1. The molecule has 0 aliphatic heterocycles. The molecule has 2 nitrogen and oxygen atoms in total. The third-order valence-electron chi connectivity index (χ3n) is 2.99. The van der Waals surface area contributed by atoms with Crippen LogP contribution in [0.25, 0.3) is 0 Å². The molecule has 2 aromatic rings. The van der Waals surface area contributed by atoms with E-state index in [1.807, 2.05) is 25.1 Å². The maximum atomic E-state index is 13.6. The summed E-state index contributed by atoms with van der Waals surface area (Å²) in [6.45, 7) is 2.32. The first-order valence-electron chi connectivity index (χ1n) is 5.82. The van der Waals surface area contributed by atoms with Crippen LogP contribution in [-0.4, -0.2) is 12.2 Å². The molecule has 2 aromatic carbocycles. The standard InChI is InChI=1S/C15H16FNO/c1-11-6-5-7-12(15(11)18)10-17(2)14-9-4-3-8-13(14)16/h3-9,18H,10H2,1-2H3. The van der Waals surface area contributed by atoms with Crippen molar-refractivity contribution in [2.24, 2.45) is 0 Å². The molecule has 2 rings (SSSR count). The van der Waals surface area contributed by atoms with Gasteiger partial charge in [0.2, 0.25) is 0 Å². The van der Waals surface area contributed by atoms with Crippen molar-refractivity contribution in [1.29, 1.82) is 0 Å². The molecule has 0 saturated carbocycles. The summed E-state index contributed by atoms with van der Waals surface area (Å²) in [4.78, 5) is 1.78. The number of aromatic hydroxyl groups is 1. The molecule has 0 heterocycles. The number of phenols is 1. The van der Waals surface area contributed by atoms with E-state index in [0.29, 0.717) is 12.2 Å². The third-order valence-corrected chi connectivity index (χ3v) is 2.99. The fourth-order valence-corrected chi connectivity index (χ4v) is 1.95. The minimum Gasteiger partial charge on any atom is -0.507 e. The predicted octanol–water partition coefficient (Wildman–Crippen LogP) is 3.48. The van der Waals surface area contributed by atoms with Gasteiger partial charge in [-0.05, 0) is 24.6 Å². The Morgan fingerprint density at radius 1 is 1.11 bits per heavy atom. The molecule has 0 radical (unpaired) electrons. The predicted molar refractivity (Wildman–Crippen MR) is 71.4 cm³/mol. The van der Waals surface area contributed by atoms with Crippen LogP contribution in [0, 0.1) is 12.7 Å². The third kappa shape index (κ3) is 2.45. The van der Waals surface area contributed by atoms with Crippen LogP contribution in [0.5, 0.6) is 5.75 Å². The lowest BCUT2D eigenvalue weighted by molar-refractivity contribution is 0.463. The lowest BCUT2D eigenvalue weighted by Crippen LogP contribution is -2.17. The molecule has 0 aliphatic carbocycles. The van der Waals surface area contributed by atoms with Crippen molar-refractivity contribution >= 4 is 5.69 Å². The second-order valence-corrected chi connectivity index (χ2v) is 4.39. The van der Waals surface area contributed by atoms with E-state index in [1.54, 1.807) is 30.1 Å². The number of hydrogen-bond acceptors (Lipinski definition) is 2. The van der Waals surface area contributed by atoms with E-state index in [2.05, 4.69) is 0 Å². The molecule has 0 aliphatic rings. The van der Waals surface area contributed by atoms with Crippen LogP contribution in [0.4, 0.5) is 10.1 Å². The molecule has 0 unspecified atom stereocenters. The Balaban J connectivity index is 2.24. The molecule has 0 atom stereocenters. The van der Waals surface area contributed by atoms with Crippen LogP contribution in [0.15, 0.2) is 42.5 Å². The molecule has 0 fully saturated rings. The Labute approximate surface area is 106 Å². The van der Waals surface area contributed by atoms with E-state index in [4.69, 9.17) is 0 Å². The fourth-order valence-electron chi connectivity index (χ4n) is 1.95. The van der Waals surface area contributed by atoms with Gasteiger partial charge in [0.15, 0.2) is 0 Å². The van der Waals surface area contributed by atoms with Crippen molar-refractivity contribution in [3.8, 4) is 5.75 Å². The first-order chi connectivity index (χ1) is 8.59. The van der Waals surface area contributed by atoms with Gasteiger partial charge in [-0.3, -0.25) is 0 Å². The van der Waals surface area contributed by atoms with Gasteiger partial charge in [0.1, 0.15) is 11.6 Å². The average molecular weight is 245 g/mol. The molecule has 0 saturated heterocycles. The minimum absolute atomic E-state index is 0.257. The summed E-state index contributed by atoms with van der Waals surface area (Å²) in [6, 6.07) is 12.2. The van der Waals surface area contributed by atoms with E-state index in [9.17, 15) is 9.50 Å². The molecular formula is C15H16FNO. The van der Waals surface area contributed by atoms with Crippen molar-refractivity contribution < 1.29 is 9.50 Å². The molecule has 0 amide bonds. The van der Waals surface area contributed by atoms with Crippen LogP contribution in [-0.2, 0) is 6.54 Å². The number of hydrogen-bond donors (Lipinski definition) is 1. The highest BCUT2D eigenvalue weighted by Crippen LogP contribution is 2.25. The SMILES string of the molecule is Cc1cccc(CN(C)c2ccccc2F)c1O. The smallest absolute Gasteiger partial charge is 0.146 e. The van der Waals surface area contributed by atoms with Crippen LogP contribution < -0.4 is 4.90 Å². The Kier molecular flexibility index (Phi) is 3.51. The number of aryl methyl sites for hydroxylation is 1. The molecule has 94 valence electrons. The second-order valence-electron chi connectivity index (χ2n) is 4.39. The highest BCUT2D eigenvalue weighted by Gasteiger charge is 2.10. The molecule has 1 N–H and O–H groups in total. The Morgan fingerprint density at radius 2 is 1.83 bits per heavy atom. The summed E-state index contributed by atoms with van der Waals surface area (Å²) < 4.78 is 13.6. The van der Waals surface area contributed by atoms with E-state index in [1.165, 1.54) is 6.07 Å². The average Bonchev–Trinajstić information content (AvgIpc) is 2.35. The first kappa shape index (κ1) is 12.4. The summed E-state index contributed by atoms with van der Waals surface area (Å²) >= 11 is 0. The van der Waals surface area contributed by atoms with Crippen molar-refractivity contribution in [3.05, 3.63) is 59.4 Å². The van der Waals surface area contributed by atoms with Gasteiger partial charge in [-0.15, -0.1) is 0 Å². The number of nitrogens with zero attached hydrogens (tertiary/aromatic N) is 1. The fraction of sp³-hybridized carbons (Fsp3) is 0.200. The number of halogens is 1. The molecule has 3 heteroatoms. The zero-order valence-corrected chi connectivity index (χ0v) is 10.5. The summed E-state index contributed by atoms with van der Waals surface area (Å²) in [5, 5.41) is 9.94. The number of anilines is 1. The van der Waals surface area contributed by atoms with Gasteiger partial charge in [0.05, 0.1) is 5.69 Å². The van der Waals surface area contributed by atoms with Gasteiger partial charge in [0.25, 0.3) is 0 Å². The summed E-state index contributed by atoms with van der Waals surface area (Å²) in [7, 11) is 1.81. The number of benzene rings is 2. The van der Waals surface area contributed by atoms with Crippen molar-refractivity contribution in [3.63, 3.8) is 0 Å². The summed E-state index contributed by atoms with van der Waals surface area (Å²) in [5.74, 6) is 0.0211. The maximum Gasteiger partial charge on any atom is 0.146 e. The van der Waals surface area contributed by atoms with Crippen LogP contribution in [0.1, 0.15) is 11.1 Å². The van der Waals surface area contributed by atoms with Gasteiger partial charge in [0, 0.05) is 19.2 Å². The first-order valence-corrected chi connectivity index (χ1v) is 5.82. The van der Waals surface area contributed by atoms with Crippen molar-refractivity contribution in [1.82, 2.24) is 0 Å². The van der Waals surface area contributed by atoms with E-state index in [0.717, 1.165) is 11.1 Å². The minimum atomic E-state index is -0.257.